The van der Waals surface area contributed by atoms with E-state index in [-0.39, 0.29) is 11.5 Å². The van der Waals surface area contributed by atoms with Gasteiger partial charge in [-0.25, -0.2) is 15.8 Å². The summed E-state index contributed by atoms with van der Waals surface area (Å²) < 4.78 is 0. The Kier molecular flexibility index (Phi) is 3.81. The van der Waals surface area contributed by atoms with Crippen LogP contribution in [0.2, 0.25) is 0 Å². The molecule has 0 aromatic carbocycles. The van der Waals surface area contributed by atoms with E-state index in [0.717, 1.165) is 5.01 Å². The number of aromatic nitrogens is 2. The molecule has 9 heteroatoms. The Labute approximate surface area is 119 Å². The lowest BCUT2D eigenvalue weighted by Gasteiger charge is -2.24. The highest BCUT2D eigenvalue weighted by molar-refractivity contribution is 7.09. The molecule has 0 aliphatic carbocycles. The van der Waals surface area contributed by atoms with Crippen molar-refractivity contribution < 1.29 is 4.92 Å². The second-order valence-electron chi connectivity index (χ2n) is 4.58. The monoisotopic (exact) mass is 294 g/mol. The van der Waals surface area contributed by atoms with Crippen molar-refractivity contribution in [3.05, 3.63) is 38.8 Å². The maximum Gasteiger partial charge on any atom is 0.276 e. The van der Waals surface area contributed by atoms with Crippen molar-refractivity contribution in [2.75, 3.05) is 10.7 Å². The molecule has 20 heavy (non-hydrogen) atoms. The van der Waals surface area contributed by atoms with Crippen molar-refractivity contribution >= 4 is 28.7 Å². The lowest BCUT2D eigenvalue weighted by atomic mass is 10.1. The summed E-state index contributed by atoms with van der Waals surface area (Å²) in [5, 5.41) is 16.7. The molecular weight excluding hydrogens is 280 g/mol. The Balaban J connectivity index is 2.33. The minimum atomic E-state index is -0.498. The van der Waals surface area contributed by atoms with Gasteiger partial charge < -0.3 is 10.7 Å². The summed E-state index contributed by atoms with van der Waals surface area (Å²) in [4.78, 5) is 18.8. The van der Waals surface area contributed by atoms with Gasteiger partial charge in [-0.05, 0) is 13.8 Å². The summed E-state index contributed by atoms with van der Waals surface area (Å²) >= 11 is 1.49. The van der Waals surface area contributed by atoms with Gasteiger partial charge in [-0.15, -0.1) is 11.3 Å². The van der Waals surface area contributed by atoms with Crippen molar-refractivity contribution in [3.63, 3.8) is 0 Å². The molecule has 2 aromatic rings. The molecule has 2 aromatic heterocycles. The van der Waals surface area contributed by atoms with Crippen LogP contribution >= 0.6 is 11.3 Å². The van der Waals surface area contributed by atoms with Crippen molar-refractivity contribution in [2.45, 2.75) is 19.4 Å². The van der Waals surface area contributed by atoms with Gasteiger partial charge >= 0.3 is 0 Å². The Morgan fingerprint density at radius 1 is 1.40 bits per heavy atom. The highest BCUT2D eigenvalue weighted by atomic mass is 32.1. The largest absolute Gasteiger partial charge is 0.358 e. The normalized spacial score (nSPS) is 11.2. The third-order valence-corrected chi connectivity index (χ3v) is 3.67. The number of anilines is 2. The molecule has 8 nitrogen and oxygen atoms in total. The van der Waals surface area contributed by atoms with E-state index >= 15 is 0 Å². The summed E-state index contributed by atoms with van der Waals surface area (Å²) in [6.07, 6.45) is 1.71. The number of nitrogens with one attached hydrogen (secondary N) is 2. The fourth-order valence-electron chi connectivity index (χ4n) is 1.67. The number of thiazole rings is 1. The topological polar surface area (TPSA) is 119 Å². The van der Waals surface area contributed by atoms with Crippen LogP contribution in [0, 0.1) is 10.1 Å². The molecule has 2 rings (SSSR count). The van der Waals surface area contributed by atoms with Gasteiger partial charge in [0.1, 0.15) is 16.6 Å². The molecule has 0 unspecified atom stereocenters. The number of hydrogen-bond acceptors (Lipinski definition) is 8. The number of nitrogens with zero attached hydrogens (tertiary/aromatic N) is 3. The maximum absolute atomic E-state index is 10.9. The van der Waals surface area contributed by atoms with Crippen molar-refractivity contribution in [1.29, 1.82) is 0 Å². The fourth-order valence-corrected chi connectivity index (χ4v) is 2.38. The van der Waals surface area contributed by atoms with Crippen LogP contribution in [0.15, 0.2) is 23.7 Å². The van der Waals surface area contributed by atoms with Crippen LogP contribution in [0.1, 0.15) is 18.9 Å². The van der Waals surface area contributed by atoms with Crippen LogP contribution in [-0.2, 0) is 5.54 Å². The van der Waals surface area contributed by atoms with E-state index in [2.05, 4.69) is 20.7 Å². The van der Waals surface area contributed by atoms with Gasteiger partial charge in [0.25, 0.3) is 5.69 Å². The Morgan fingerprint density at radius 2 is 2.10 bits per heavy atom. The standard InChI is InChI=1S/C11H14N6O2S/c1-11(2,10-13-3-4-20-10)15-8-5-7(17(18)19)6-9(14-8)16-12/h3-6H,12H2,1-2H3,(H2,14,15,16). The first-order chi connectivity index (χ1) is 9.42. The minimum Gasteiger partial charge on any atom is -0.358 e. The van der Waals surface area contributed by atoms with Gasteiger partial charge in [0, 0.05) is 11.6 Å². The summed E-state index contributed by atoms with van der Waals surface area (Å²) in [5.74, 6) is 5.85. The van der Waals surface area contributed by atoms with Crippen LogP contribution in [0.25, 0.3) is 0 Å². The molecule has 0 amide bonds. The van der Waals surface area contributed by atoms with E-state index < -0.39 is 10.5 Å². The zero-order valence-electron chi connectivity index (χ0n) is 11.0. The molecule has 106 valence electrons. The van der Waals surface area contributed by atoms with Crippen LogP contribution in [-0.4, -0.2) is 14.9 Å². The number of rotatable bonds is 5. The second kappa shape index (κ2) is 5.39. The quantitative estimate of drug-likeness (QED) is 0.438. The van der Waals surface area contributed by atoms with E-state index in [4.69, 9.17) is 5.84 Å². The van der Waals surface area contributed by atoms with Crippen LogP contribution < -0.4 is 16.6 Å². The van der Waals surface area contributed by atoms with Gasteiger partial charge in [0.05, 0.1) is 22.6 Å². The average Bonchev–Trinajstić information content (AvgIpc) is 2.92. The lowest BCUT2D eigenvalue weighted by Crippen LogP contribution is -2.28. The molecule has 2 heterocycles. The Bertz CT molecular complexity index is 613. The molecule has 0 fully saturated rings. The minimum absolute atomic E-state index is 0.0922. The van der Waals surface area contributed by atoms with Crippen molar-refractivity contribution in [2.24, 2.45) is 5.84 Å². The first-order valence-electron chi connectivity index (χ1n) is 5.73. The smallest absolute Gasteiger partial charge is 0.276 e. The summed E-state index contributed by atoms with van der Waals surface area (Å²) in [5.41, 5.74) is 1.72. The van der Waals surface area contributed by atoms with Crippen LogP contribution in [0.3, 0.4) is 0 Å². The van der Waals surface area contributed by atoms with Gasteiger partial charge in [0.15, 0.2) is 0 Å². The van der Waals surface area contributed by atoms with E-state index in [9.17, 15) is 10.1 Å². The molecule has 4 N–H and O–H groups in total. The maximum atomic E-state index is 10.9. The number of nitro groups is 1. The first kappa shape index (κ1) is 14.2. The number of pyridine rings is 1. The summed E-state index contributed by atoms with van der Waals surface area (Å²) in [7, 11) is 0. The van der Waals surface area contributed by atoms with E-state index in [1.807, 2.05) is 19.2 Å². The van der Waals surface area contributed by atoms with E-state index in [1.165, 1.54) is 23.5 Å². The van der Waals surface area contributed by atoms with Gasteiger partial charge in [-0.3, -0.25) is 10.1 Å². The Morgan fingerprint density at radius 3 is 2.65 bits per heavy atom. The molecule has 0 saturated heterocycles. The Hall–Kier alpha value is -2.26. The zero-order valence-corrected chi connectivity index (χ0v) is 11.8. The highest BCUT2D eigenvalue weighted by Gasteiger charge is 2.24. The van der Waals surface area contributed by atoms with Crippen molar-refractivity contribution in [1.82, 2.24) is 9.97 Å². The summed E-state index contributed by atoms with van der Waals surface area (Å²) in [6, 6.07) is 2.62. The predicted octanol–water partition coefficient (Wildman–Crippen LogP) is 2.08. The third kappa shape index (κ3) is 3.00. The zero-order chi connectivity index (χ0) is 14.8. The summed E-state index contributed by atoms with van der Waals surface area (Å²) in [6.45, 7) is 3.84. The van der Waals surface area contributed by atoms with Crippen LogP contribution in [0.5, 0.6) is 0 Å². The van der Waals surface area contributed by atoms with Gasteiger partial charge in [-0.1, -0.05) is 0 Å². The second-order valence-corrected chi connectivity index (χ2v) is 5.48. The fraction of sp³-hybridized carbons (Fsp3) is 0.273. The number of hydrogen-bond donors (Lipinski definition) is 3. The van der Waals surface area contributed by atoms with Gasteiger partial charge in [0.2, 0.25) is 0 Å². The van der Waals surface area contributed by atoms with Gasteiger partial charge in [-0.2, -0.15) is 0 Å². The molecule has 0 aliphatic heterocycles. The molecular formula is C11H14N6O2S. The molecule has 0 bridgehead atoms. The van der Waals surface area contributed by atoms with Crippen molar-refractivity contribution in [3.8, 4) is 0 Å². The number of nitrogen functional groups attached to an aromatic ring is 1. The molecule has 0 saturated carbocycles. The van der Waals surface area contributed by atoms with Crippen LogP contribution in [0.4, 0.5) is 17.3 Å². The number of hydrazine groups is 1. The molecule has 0 atom stereocenters. The molecule has 0 spiro atoms. The molecule has 0 aliphatic rings. The highest BCUT2D eigenvalue weighted by Crippen LogP contribution is 2.28. The molecule has 0 radical (unpaired) electrons. The third-order valence-electron chi connectivity index (χ3n) is 2.58. The lowest BCUT2D eigenvalue weighted by molar-refractivity contribution is -0.384. The average molecular weight is 294 g/mol. The van der Waals surface area contributed by atoms with E-state index in [1.54, 1.807) is 6.20 Å². The SMILES string of the molecule is CC(C)(Nc1cc([N+](=O)[O-])cc(NN)n1)c1nccs1. The first-order valence-corrected chi connectivity index (χ1v) is 6.61. The van der Waals surface area contributed by atoms with E-state index in [0.29, 0.717) is 5.82 Å². The number of nitrogens with two attached hydrogens (primary N) is 1. The predicted molar refractivity (Wildman–Crippen MR) is 77.5 cm³/mol.